The average molecular weight is 597 g/mol. The van der Waals surface area contributed by atoms with Gasteiger partial charge in [-0.25, -0.2) is 8.42 Å². The molecule has 1 atom stereocenters. The van der Waals surface area contributed by atoms with Crippen LogP contribution in [0.25, 0.3) is 10.9 Å². The second-order valence-corrected chi connectivity index (χ2v) is 11.3. The Hall–Kier alpha value is -3.74. The molecule has 1 unspecified atom stereocenters. The number of rotatable bonds is 10. The van der Waals surface area contributed by atoms with Gasteiger partial charge in [0, 0.05) is 51.3 Å². The number of anilines is 1. The number of methoxy groups -OCH3 is 1. The number of carbonyl (C=O) groups excluding carboxylic acids is 1. The molecule has 13 heteroatoms. The van der Waals surface area contributed by atoms with Crippen molar-refractivity contribution >= 4 is 43.8 Å². The summed E-state index contributed by atoms with van der Waals surface area (Å²) >= 11 is 6.15. The van der Waals surface area contributed by atoms with Gasteiger partial charge in [-0.3, -0.25) is 4.79 Å². The van der Waals surface area contributed by atoms with E-state index >= 15 is 0 Å². The number of aliphatic hydroxyl groups is 1. The van der Waals surface area contributed by atoms with E-state index in [1.165, 1.54) is 55.8 Å². The number of H-pyrrole nitrogens is 1. The summed E-state index contributed by atoms with van der Waals surface area (Å²) in [4.78, 5) is 16.8. The molecule has 0 fully saturated rings. The molecule has 0 amide bonds. The Labute approximate surface area is 232 Å². The Morgan fingerprint density at radius 1 is 1.12 bits per heavy atom. The third-order valence-corrected chi connectivity index (χ3v) is 7.35. The lowest BCUT2D eigenvalue weighted by molar-refractivity contribution is -0.137. The van der Waals surface area contributed by atoms with Crippen LogP contribution in [0.3, 0.4) is 0 Å². The molecule has 40 heavy (non-hydrogen) atoms. The van der Waals surface area contributed by atoms with E-state index in [9.17, 15) is 31.5 Å². The first kappa shape index (κ1) is 29.2. The van der Waals surface area contributed by atoms with E-state index in [-0.39, 0.29) is 56.8 Å². The molecule has 4 rings (SSSR count). The number of fused-ring (bicyclic) bond motifs is 1. The number of Topliss-reactive ketones (excluding diaryl/α,β-unsaturated/α-hetero) is 1. The second kappa shape index (κ2) is 11.4. The minimum absolute atomic E-state index is 0.0425. The third-order valence-electron chi connectivity index (χ3n) is 6.03. The normalized spacial score (nSPS) is 12.8. The number of ether oxygens (including phenoxy) is 2. The number of benzene rings is 3. The van der Waals surface area contributed by atoms with Gasteiger partial charge < -0.3 is 24.9 Å². The zero-order valence-electron chi connectivity index (χ0n) is 21.2. The third kappa shape index (κ3) is 6.35. The number of sulfone groups is 1. The smallest absolute Gasteiger partial charge is 0.416 e. The van der Waals surface area contributed by atoms with Gasteiger partial charge in [-0.05, 0) is 42.5 Å². The number of ketones is 1. The first-order valence-corrected chi connectivity index (χ1v) is 14.0. The minimum Gasteiger partial charge on any atom is -0.497 e. The highest BCUT2D eigenvalue weighted by molar-refractivity contribution is 7.90. The first-order chi connectivity index (χ1) is 18.8. The zero-order chi connectivity index (χ0) is 29.2. The molecule has 0 aliphatic heterocycles. The van der Waals surface area contributed by atoms with Crippen LogP contribution in [0.2, 0.25) is 5.02 Å². The van der Waals surface area contributed by atoms with Crippen LogP contribution >= 0.6 is 11.6 Å². The Morgan fingerprint density at radius 2 is 1.88 bits per heavy atom. The number of aromatic amines is 1. The molecular weight excluding hydrogens is 573 g/mol. The largest absolute Gasteiger partial charge is 0.497 e. The highest BCUT2D eigenvalue weighted by Crippen LogP contribution is 2.37. The van der Waals surface area contributed by atoms with Crippen molar-refractivity contribution in [2.24, 2.45) is 0 Å². The molecule has 4 aromatic rings. The van der Waals surface area contributed by atoms with Crippen molar-refractivity contribution in [1.29, 1.82) is 0 Å². The number of hydrogen-bond donors (Lipinski definition) is 3. The summed E-state index contributed by atoms with van der Waals surface area (Å²) < 4.78 is 75.8. The van der Waals surface area contributed by atoms with Crippen LogP contribution in [0.4, 0.5) is 18.9 Å². The Bertz CT molecular complexity index is 1670. The second-order valence-electron chi connectivity index (χ2n) is 8.83. The van der Waals surface area contributed by atoms with E-state index in [1.807, 2.05) is 0 Å². The Balaban J connectivity index is 1.90. The molecule has 1 heterocycles. The summed E-state index contributed by atoms with van der Waals surface area (Å²) in [6.45, 7) is -0.470. The molecule has 1 aromatic heterocycles. The molecule has 0 spiro atoms. The minimum atomic E-state index is -4.63. The summed E-state index contributed by atoms with van der Waals surface area (Å²) in [5.41, 5.74) is -0.247. The highest BCUT2D eigenvalue weighted by Gasteiger charge is 2.32. The fraction of sp³-hybridized carbons (Fsp3) is 0.222. The number of alkyl halides is 3. The predicted molar refractivity (Wildman–Crippen MR) is 144 cm³/mol. The number of carbonyl (C=O) groups is 1. The van der Waals surface area contributed by atoms with E-state index in [0.29, 0.717) is 5.52 Å². The van der Waals surface area contributed by atoms with Crippen LogP contribution in [0.1, 0.15) is 27.5 Å². The quantitative estimate of drug-likeness (QED) is 0.202. The van der Waals surface area contributed by atoms with Gasteiger partial charge in [0.1, 0.15) is 24.1 Å². The molecule has 3 aromatic carbocycles. The van der Waals surface area contributed by atoms with Crippen molar-refractivity contribution < 1.29 is 41.0 Å². The summed E-state index contributed by atoms with van der Waals surface area (Å²) in [5, 5.41) is 12.6. The number of nitrogens with one attached hydrogen (secondary N) is 2. The maximum absolute atomic E-state index is 14.1. The van der Waals surface area contributed by atoms with Crippen molar-refractivity contribution in [1.82, 2.24) is 4.98 Å². The fourth-order valence-corrected chi connectivity index (χ4v) is 4.96. The number of aliphatic hydroxyl groups excluding tert-OH is 1. The lowest BCUT2D eigenvalue weighted by Crippen LogP contribution is -2.22. The standard InChI is InChI=1S/C27H24ClF3N2O6S/c1-38-18-11-17(12-19(13-18)40(2,36)37)33-25(20-5-4-16(28)10-24(20)39-8-7-34)26(35)22-14-32-23-6-3-15(9-21(22)23)27(29,30)31/h3-6,9-14,25,32-34H,7-8H2,1-2H3. The molecular formula is C27H24ClF3N2O6S. The van der Waals surface area contributed by atoms with Gasteiger partial charge in [0.15, 0.2) is 15.6 Å². The summed E-state index contributed by atoms with van der Waals surface area (Å²) in [6, 6.07) is 10.2. The molecule has 0 aliphatic carbocycles. The van der Waals surface area contributed by atoms with Gasteiger partial charge in [-0.2, -0.15) is 13.2 Å². The molecule has 3 N–H and O–H groups in total. The van der Waals surface area contributed by atoms with Crippen LogP contribution in [0, 0.1) is 0 Å². The SMILES string of the molecule is COc1cc(NC(C(=O)c2c[nH]c3ccc(C(F)(F)F)cc23)c2ccc(Cl)cc2OCCO)cc(S(C)(=O)=O)c1. The predicted octanol–water partition coefficient (Wildman–Crippen LogP) is 5.66. The Kier molecular flexibility index (Phi) is 8.33. The van der Waals surface area contributed by atoms with Crippen molar-refractivity contribution in [2.75, 3.05) is 31.9 Å². The van der Waals surface area contributed by atoms with Gasteiger partial charge in [-0.15, -0.1) is 0 Å². The van der Waals surface area contributed by atoms with Crippen LogP contribution in [0.15, 0.2) is 65.7 Å². The lowest BCUT2D eigenvalue weighted by atomic mass is 9.95. The summed E-state index contributed by atoms with van der Waals surface area (Å²) in [7, 11) is -2.34. The molecule has 8 nitrogen and oxygen atoms in total. The lowest BCUT2D eigenvalue weighted by Gasteiger charge is -2.23. The van der Waals surface area contributed by atoms with Crippen LogP contribution in [0.5, 0.6) is 11.5 Å². The monoisotopic (exact) mass is 596 g/mol. The van der Waals surface area contributed by atoms with Gasteiger partial charge >= 0.3 is 6.18 Å². The van der Waals surface area contributed by atoms with Crippen molar-refractivity contribution in [2.45, 2.75) is 17.1 Å². The van der Waals surface area contributed by atoms with Crippen molar-refractivity contribution in [3.63, 3.8) is 0 Å². The number of hydrogen-bond acceptors (Lipinski definition) is 7. The van der Waals surface area contributed by atoms with Gasteiger partial charge in [0.05, 0.1) is 24.2 Å². The Morgan fingerprint density at radius 3 is 2.52 bits per heavy atom. The van der Waals surface area contributed by atoms with Crippen LogP contribution in [-0.4, -0.2) is 50.9 Å². The maximum atomic E-state index is 14.1. The molecule has 0 bridgehead atoms. The van der Waals surface area contributed by atoms with E-state index in [4.69, 9.17) is 21.1 Å². The van der Waals surface area contributed by atoms with Crippen molar-refractivity contribution in [3.05, 3.63) is 82.5 Å². The fourth-order valence-electron chi connectivity index (χ4n) is 4.12. The summed E-state index contributed by atoms with van der Waals surface area (Å²) in [5.74, 6) is -0.327. The van der Waals surface area contributed by atoms with E-state index in [0.717, 1.165) is 18.4 Å². The highest BCUT2D eigenvalue weighted by atomic mass is 35.5. The average Bonchev–Trinajstić information content (AvgIpc) is 3.33. The van der Waals surface area contributed by atoms with Gasteiger partial charge in [0.25, 0.3) is 0 Å². The molecule has 0 radical (unpaired) electrons. The van der Waals surface area contributed by atoms with E-state index < -0.39 is 33.4 Å². The number of aromatic nitrogens is 1. The first-order valence-electron chi connectivity index (χ1n) is 11.7. The van der Waals surface area contributed by atoms with Crippen molar-refractivity contribution in [3.8, 4) is 11.5 Å². The topological polar surface area (TPSA) is 118 Å². The molecule has 0 aliphatic rings. The molecule has 212 valence electrons. The zero-order valence-corrected chi connectivity index (χ0v) is 22.7. The molecule has 0 saturated carbocycles. The molecule has 0 saturated heterocycles. The van der Waals surface area contributed by atoms with E-state index in [2.05, 4.69) is 10.3 Å². The van der Waals surface area contributed by atoms with E-state index in [1.54, 1.807) is 0 Å². The van der Waals surface area contributed by atoms with Crippen LogP contribution in [-0.2, 0) is 16.0 Å². The summed E-state index contributed by atoms with van der Waals surface area (Å²) in [6.07, 6.45) is -2.31. The van der Waals surface area contributed by atoms with Gasteiger partial charge in [-0.1, -0.05) is 17.7 Å². The number of halogens is 4. The van der Waals surface area contributed by atoms with Crippen LogP contribution < -0.4 is 14.8 Å². The maximum Gasteiger partial charge on any atom is 0.416 e. The van der Waals surface area contributed by atoms with Gasteiger partial charge in [0.2, 0.25) is 0 Å².